The monoisotopic (exact) mass is 740 g/mol. The summed E-state index contributed by atoms with van der Waals surface area (Å²) in [6.07, 6.45) is 1.86. The Morgan fingerprint density at radius 2 is 1.70 bits per heavy atom. The zero-order valence-corrected chi connectivity index (χ0v) is 31.1. The summed E-state index contributed by atoms with van der Waals surface area (Å²) in [7, 11) is 0. The van der Waals surface area contributed by atoms with Gasteiger partial charge in [0.2, 0.25) is 11.8 Å². The summed E-state index contributed by atoms with van der Waals surface area (Å²) in [5.74, 6) is 0.00850. The number of nitrogens with two attached hydrogens (primary N) is 1. The van der Waals surface area contributed by atoms with Gasteiger partial charge in [-0.3, -0.25) is 9.59 Å². The Morgan fingerprint density at radius 3 is 2.48 bits per heavy atom. The summed E-state index contributed by atoms with van der Waals surface area (Å²) in [5.41, 5.74) is 14.7. The van der Waals surface area contributed by atoms with E-state index in [9.17, 15) is 14.4 Å². The standard InChI is InChI=1S/C43H44N6O4S/c1-27(50)45-18-20-49-38-15-7-2-9-29(38)23-39(49)30-10-8-19-48(25-30)41(51)24-31(21-28-16-17-37-40(22-28)54-42(44)47-37)46-43(52)53-26-36-34-13-5-3-11-32(34)33-12-4-6-14-35(33)36/h2-7,9,11-17,22-23,30-31,36H,8,10,18-21,24-26H2,1H3,(H2,44,47)(H,45,50)(H,46,52)/t30?,31-/m1/s1. The van der Waals surface area contributed by atoms with Crippen molar-refractivity contribution in [3.63, 3.8) is 0 Å². The molecular weight excluding hydrogens is 697 g/mol. The summed E-state index contributed by atoms with van der Waals surface area (Å²) in [4.78, 5) is 45.7. The number of para-hydroxylation sites is 1. The highest BCUT2D eigenvalue weighted by Crippen LogP contribution is 2.44. The van der Waals surface area contributed by atoms with Crippen LogP contribution in [0.4, 0.5) is 9.93 Å². The molecular formula is C43H44N6O4S. The Morgan fingerprint density at radius 1 is 0.963 bits per heavy atom. The van der Waals surface area contributed by atoms with E-state index in [1.807, 2.05) is 59.5 Å². The van der Waals surface area contributed by atoms with E-state index in [0.717, 1.165) is 61.8 Å². The molecule has 1 aliphatic carbocycles. The molecule has 1 unspecified atom stereocenters. The van der Waals surface area contributed by atoms with Gasteiger partial charge in [0.25, 0.3) is 0 Å². The van der Waals surface area contributed by atoms with Crippen LogP contribution in [-0.4, -0.2) is 64.6 Å². The van der Waals surface area contributed by atoms with Crippen LogP contribution in [0.5, 0.6) is 0 Å². The first-order valence-corrected chi connectivity index (χ1v) is 19.5. The van der Waals surface area contributed by atoms with Gasteiger partial charge in [0.1, 0.15) is 6.61 Å². The number of alkyl carbamates (subject to hydrolysis) is 1. The highest BCUT2D eigenvalue weighted by Gasteiger charge is 2.31. The minimum absolute atomic E-state index is 0.00679. The van der Waals surface area contributed by atoms with Crippen molar-refractivity contribution < 1.29 is 19.1 Å². The number of hydrogen-bond donors (Lipinski definition) is 3. The number of piperidine rings is 1. The van der Waals surface area contributed by atoms with Crippen LogP contribution in [0.15, 0.2) is 97.1 Å². The SMILES string of the molecule is CC(=O)NCCn1c(C2CCCN(C(=O)C[C@@H](Cc3ccc4nc(N)sc4c3)NC(=O)OCC3c4ccccc4-c4ccccc43)C2)cc2ccccc21. The molecule has 2 aromatic heterocycles. The van der Waals surface area contributed by atoms with E-state index >= 15 is 0 Å². The van der Waals surface area contributed by atoms with Gasteiger partial charge in [0.05, 0.1) is 10.2 Å². The Balaban J connectivity index is 0.988. The number of nitrogens with zero attached hydrogens (tertiary/aromatic N) is 3. The predicted molar refractivity (Wildman–Crippen MR) is 214 cm³/mol. The maximum Gasteiger partial charge on any atom is 0.407 e. The second-order valence-corrected chi connectivity index (χ2v) is 15.4. The molecule has 11 heteroatoms. The van der Waals surface area contributed by atoms with E-state index < -0.39 is 12.1 Å². The highest BCUT2D eigenvalue weighted by atomic mass is 32.1. The molecule has 4 N–H and O–H groups in total. The van der Waals surface area contributed by atoms with Crippen molar-refractivity contribution >= 4 is 55.5 Å². The molecule has 0 bridgehead atoms. The predicted octanol–water partition coefficient (Wildman–Crippen LogP) is 7.22. The van der Waals surface area contributed by atoms with Crippen LogP contribution < -0.4 is 16.4 Å². The Bertz CT molecular complexity index is 2300. The number of aromatic nitrogens is 2. The lowest BCUT2D eigenvalue weighted by Gasteiger charge is -2.34. The minimum atomic E-state index is -0.544. The quantitative estimate of drug-likeness (QED) is 0.129. The van der Waals surface area contributed by atoms with Gasteiger partial charge >= 0.3 is 6.09 Å². The average Bonchev–Trinajstić information content (AvgIpc) is 3.84. The number of nitrogens with one attached hydrogen (secondary N) is 2. The second kappa shape index (κ2) is 15.4. The van der Waals surface area contributed by atoms with Gasteiger partial charge in [-0.1, -0.05) is 84.1 Å². The Labute approximate surface area is 318 Å². The first-order chi connectivity index (χ1) is 26.3. The number of thiazole rings is 1. The van der Waals surface area contributed by atoms with Gasteiger partial charge in [0.15, 0.2) is 5.13 Å². The number of hydrogen-bond acceptors (Lipinski definition) is 7. The van der Waals surface area contributed by atoms with Crippen LogP contribution in [0.2, 0.25) is 0 Å². The number of carbonyl (C=O) groups is 3. The summed E-state index contributed by atoms with van der Waals surface area (Å²) in [5, 5.41) is 7.65. The van der Waals surface area contributed by atoms with E-state index in [4.69, 9.17) is 10.5 Å². The van der Waals surface area contributed by atoms with Crippen molar-refractivity contribution in [1.82, 2.24) is 25.1 Å². The summed E-state index contributed by atoms with van der Waals surface area (Å²) < 4.78 is 9.19. The topological polar surface area (TPSA) is 132 Å². The van der Waals surface area contributed by atoms with Gasteiger partial charge in [-0.2, -0.15) is 0 Å². The van der Waals surface area contributed by atoms with Crippen LogP contribution in [0.25, 0.3) is 32.2 Å². The third kappa shape index (κ3) is 7.41. The molecule has 276 valence electrons. The third-order valence-electron chi connectivity index (χ3n) is 10.8. The Hall–Kier alpha value is -5.68. The molecule has 0 radical (unpaired) electrons. The number of benzene rings is 4. The van der Waals surface area contributed by atoms with E-state index in [0.29, 0.717) is 37.7 Å². The molecule has 3 amide bonds. The van der Waals surface area contributed by atoms with Crippen molar-refractivity contribution in [1.29, 1.82) is 0 Å². The fourth-order valence-electron chi connectivity index (χ4n) is 8.33. The van der Waals surface area contributed by atoms with E-state index in [2.05, 4.69) is 62.6 Å². The molecule has 2 aliphatic rings. The molecule has 1 saturated heterocycles. The smallest absolute Gasteiger partial charge is 0.407 e. The molecule has 10 nitrogen and oxygen atoms in total. The normalized spacial score (nSPS) is 15.9. The van der Waals surface area contributed by atoms with Gasteiger partial charge in [0, 0.05) is 68.6 Å². The number of anilines is 1. The summed E-state index contributed by atoms with van der Waals surface area (Å²) in [6, 6.07) is 32.5. The van der Waals surface area contributed by atoms with Crippen LogP contribution in [0.3, 0.4) is 0 Å². The Kier molecular flexibility index (Phi) is 10.1. The average molecular weight is 741 g/mol. The second-order valence-electron chi connectivity index (χ2n) is 14.4. The fraction of sp³-hybridized carbons (Fsp3) is 0.302. The number of nitrogen functional groups attached to an aromatic ring is 1. The van der Waals surface area contributed by atoms with Crippen molar-refractivity contribution in [2.75, 3.05) is 32.0 Å². The molecule has 6 aromatic rings. The lowest BCUT2D eigenvalue weighted by atomic mass is 9.93. The van der Waals surface area contributed by atoms with Crippen LogP contribution in [-0.2, 0) is 27.3 Å². The number of carbonyl (C=O) groups excluding carboxylic acids is 3. The van der Waals surface area contributed by atoms with Crippen molar-refractivity contribution in [2.24, 2.45) is 0 Å². The third-order valence-corrected chi connectivity index (χ3v) is 11.6. The number of amides is 3. The van der Waals surface area contributed by atoms with E-state index in [-0.39, 0.29) is 36.7 Å². The summed E-state index contributed by atoms with van der Waals surface area (Å²) in [6.45, 7) is 4.14. The molecule has 54 heavy (non-hydrogen) atoms. The molecule has 8 rings (SSSR count). The van der Waals surface area contributed by atoms with Gasteiger partial charge in [-0.05, 0) is 76.7 Å². The van der Waals surface area contributed by atoms with Crippen LogP contribution >= 0.6 is 11.3 Å². The number of fused-ring (bicyclic) bond motifs is 5. The fourth-order valence-corrected chi connectivity index (χ4v) is 9.13. The number of rotatable bonds is 11. The van der Waals surface area contributed by atoms with Gasteiger partial charge in [-0.25, -0.2) is 9.78 Å². The van der Waals surface area contributed by atoms with Crippen molar-refractivity contribution in [2.45, 2.75) is 57.0 Å². The largest absolute Gasteiger partial charge is 0.449 e. The minimum Gasteiger partial charge on any atom is -0.449 e. The highest BCUT2D eigenvalue weighted by molar-refractivity contribution is 7.22. The lowest BCUT2D eigenvalue weighted by Crippen LogP contribution is -2.45. The zero-order chi connectivity index (χ0) is 37.2. The molecule has 2 atom stereocenters. The zero-order valence-electron chi connectivity index (χ0n) is 30.3. The number of ether oxygens (including phenoxy) is 1. The van der Waals surface area contributed by atoms with Crippen LogP contribution in [0, 0.1) is 0 Å². The first-order valence-electron chi connectivity index (χ1n) is 18.7. The molecule has 3 heterocycles. The van der Waals surface area contributed by atoms with Crippen molar-refractivity contribution in [3.05, 3.63) is 119 Å². The molecule has 0 spiro atoms. The van der Waals surface area contributed by atoms with Gasteiger partial charge < -0.3 is 30.6 Å². The van der Waals surface area contributed by atoms with Crippen LogP contribution in [0.1, 0.15) is 60.4 Å². The van der Waals surface area contributed by atoms with Crippen molar-refractivity contribution in [3.8, 4) is 11.1 Å². The maximum atomic E-state index is 14.2. The maximum absolute atomic E-state index is 14.2. The molecule has 4 aromatic carbocycles. The van der Waals surface area contributed by atoms with E-state index in [1.165, 1.54) is 24.0 Å². The summed E-state index contributed by atoms with van der Waals surface area (Å²) >= 11 is 1.42. The molecule has 1 fully saturated rings. The number of likely N-dealkylation sites (tertiary alicyclic amines) is 1. The van der Waals surface area contributed by atoms with Gasteiger partial charge in [-0.15, -0.1) is 0 Å². The molecule has 1 aliphatic heterocycles. The lowest BCUT2D eigenvalue weighted by molar-refractivity contribution is -0.133. The first kappa shape index (κ1) is 35.4. The molecule has 0 saturated carbocycles. The van der Waals surface area contributed by atoms with E-state index in [1.54, 1.807) is 0 Å².